The maximum atomic E-state index is 12.9. The Morgan fingerprint density at radius 2 is 1.80 bits per heavy atom. The average molecular weight is 238 g/mol. The van der Waals surface area contributed by atoms with Crippen LogP contribution in [-0.4, -0.2) is 4.98 Å². The van der Waals surface area contributed by atoms with Gasteiger partial charge in [-0.3, -0.25) is 0 Å². The Morgan fingerprint density at radius 3 is 2.40 bits per heavy atom. The molecular formula is C9H4ClF4N. The molecular weight excluding hydrogens is 234 g/mol. The van der Waals surface area contributed by atoms with Crippen LogP contribution in [0.5, 0.6) is 0 Å². The van der Waals surface area contributed by atoms with Crippen LogP contribution >= 0.6 is 11.6 Å². The number of alkyl halides is 3. The van der Waals surface area contributed by atoms with E-state index in [1.54, 1.807) is 0 Å². The van der Waals surface area contributed by atoms with Gasteiger partial charge in [0.25, 0.3) is 0 Å². The second-order valence-corrected chi connectivity index (χ2v) is 3.44. The van der Waals surface area contributed by atoms with Crippen molar-refractivity contribution in [3.63, 3.8) is 0 Å². The Kier molecular flexibility index (Phi) is 2.15. The molecule has 0 fully saturated rings. The molecule has 2 rings (SSSR count). The highest BCUT2D eigenvalue weighted by Gasteiger charge is 2.32. The predicted molar refractivity (Wildman–Crippen MR) is 48.3 cm³/mol. The summed E-state index contributed by atoms with van der Waals surface area (Å²) in [6.45, 7) is 0. The molecule has 1 heterocycles. The molecule has 0 saturated heterocycles. The van der Waals surface area contributed by atoms with Crippen molar-refractivity contribution in [3.05, 3.63) is 34.7 Å². The fraction of sp³-hybridized carbons (Fsp3) is 0.111. The second kappa shape index (κ2) is 3.13. The zero-order valence-corrected chi connectivity index (χ0v) is 7.88. The van der Waals surface area contributed by atoms with E-state index in [4.69, 9.17) is 11.6 Å². The van der Waals surface area contributed by atoms with Gasteiger partial charge in [0.2, 0.25) is 0 Å². The number of rotatable bonds is 0. The van der Waals surface area contributed by atoms with Gasteiger partial charge >= 0.3 is 6.18 Å². The van der Waals surface area contributed by atoms with Crippen molar-refractivity contribution in [2.24, 2.45) is 0 Å². The number of hydrogen-bond donors (Lipinski definition) is 1. The summed E-state index contributed by atoms with van der Waals surface area (Å²) in [5.74, 6) is -0.739. The molecule has 1 nitrogen and oxygen atoms in total. The van der Waals surface area contributed by atoms with E-state index in [0.29, 0.717) is 0 Å². The monoisotopic (exact) mass is 237 g/mol. The number of benzene rings is 1. The third-order valence-electron chi connectivity index (χ3n) is 1.97. The highest BCUT2D eigenvalue weighted by atomic mass is 35.5. The van der Waals surface area contributed by atoms with Crippen molar-refractivity contribution in [3.8, 4) is 0 Å². The molecule has 0 amide bonds. The lowest BCUT2D eigenvalue weighted by Gasteiger charge is -2.00. The Bertz CT molecular complexity index is 476. The molecule has 0 atom stereocenters. The summed E-state index contributed by atoms with van der Waals surface area (Å²) in [4.78, 5) is 2.13. The lowest BCUT2D eigenvalue weighted by Crippen LogP contribution is -2.04. The molecule has 0 unspecified atom stereocenters. The highest BCUT2D eigenvalue weighted by Crippen LogP contribution is 2.32. The van der Waals surface area contributed by atoms with Gasteiger partial charge in [-0.1, -0.05) is 11.6 Å². The first-order chi connectivity index (χ1) is 6.88. The van der Waals surface area contributed by atoms with Crippen molar-refractivity contribution < 1.29 is 17.6 Å². The van der Waals surface area contributed by atoms with E-state index in [1.807, 2.05) is 0 Å². The minimum atomic E-state index is -4.47. The Labute approximate surface area is 86.7 Å². The zero-order chi connectivity index (χ0) is 11.2. The fourth-order valence-corrected chi connectivity index (χ4v) is 1.44. The molecule has 0 spiro atoms. The van der Waals surface area contributed by atoms with Gasteiger partial charge in [0.1, 0.15) is 11.5 Å². The van der Waals surface area contributed by atoms with Crippen LogP contribution in [0.4, 0.5) is 17.6 Å². The normalized spacial score (nSPS) is 12.3. The van der Waals surface area contributed by atoms with Crippen LogP contribution in [0.15, 0.2) is 18.2 Å². The standard InChI is InChI=1S/C9H4ClF4N/c10-5-3-7-4(1-6(5)11)2-8(15-7)9(12,13)14/h1-3,15H. The Hall–Kier alpha value is -1.23. The van der Waals surface area contributed by atoms with E-state index in [-0.39, 0.29) is 15.9 Å². The molecule has 0 radical (unpaired) electrons. The summed E-state index contributed by atoms with van der Waals surface area (Å²) in [7, 11) is 0. The molecule has 15 heavy (non-hydrogen) atoms. The van der Waals surface area contributed by atoms with Crippen LogP contribution in [0.1, 0.15) is 5.69 Å². The molecule has 0 aliphatic rings. The van der Waals surface area contributed by atoms with Gasteiger partial charge < -0.3 is 4.98 Å². The van der Waals surface area contributed by atoms with Gasteiger partial charge in [-0.05, 0) is 18.2 Å². The van der Waals surface area contributed by atoms with Crippen LogP contribution in [0, 0.1) is 5.82 Å². The smallest absolute Gasteiger partial charge is 0.351 e. The minimum Gasteiger partial charge on any atom is -0.351 e. The van der Waals surface area contributed by atoms with E-state index < -0.39 is 17.7 Å². The lowest BCUT2D eigenvalue weighted by atomic mass is 10.2. The van der Waals surface area contributed by atoms with Crippen molar-refractivity contribution in [2.45, 2.75) is 6.18 Å². The number of hydrogen-bond acceptors (Lipinski definition) is 0. The predicted octanol–water partition coefficient (Wildman–Crippen LogP) is 3.98. The maximum absolute atomic E-state index is 12.9. The SMILES string of the molecule is Fc1cc2cc(C(F)(F)F)[nH]c2cc1Cl. The van der Waals surface area contributed by atoms with Gasteiger partial charge in [0.15, 0.2) is 0 Å². The van der Waals surface area contributed by atoms with E-state index in [0.717, 1.165) is 18.2 Å². The molecule has 80 valence electrons. The summed E-state index contributed by atoms with van der Waals surface area (Å²) in [5, 5.41) is -0.0673. The number of halogens is 5. The Balaban J connectivity index is 2.66. The number of aromatic nitrogens is 1. The summed E-state index contributed by atoms with van der Waals surface area (Å²) in [6, 6.07) is 2.93. The molecule has 1 N–H and O–H groups in total. The van der Waals surface area contributed by atoms with Crippen molar-refractivity contribution >= 4 is 22.5 Å². The summed E-state index contributed by atoms with van der Waals surface area (Å²) in [5.41, 5.74) is -0.757. The van der Waals surface area contributed by atoms with Gasteiger partial charge in [-0.2, -0.15) is 13.2 Å². The van der Waals surface area contributed by atoms with E-state index in [1.165, 1.54) is 0 Å². The molecule has 0 saturated carbocycles. The van der Waals surface area contributed by atoms with Gasteiger partial charge in [0.05, 0.1) is 5.02 Å². The van der Waals surface area contributed by atoms with E-state index in [2.05, 4.69) is 4.98 Å². The fourth-order valence-electron chi connectivity index (χ4n) is 1.28. The number of nitrogens with one attached hydrogen (secondary N) is 1. The third-order valence-corrected chi connectivity index (χ3v) is 2.26. The van der Waals surface area contributed by atoms with Gasteiger partial charge in [-0.25, -0.2) is 4.39 Å². The first kappa shape index (κ1) is 10.3. The first-order valence-electron chi connectivity index (χ1n) is 3.93. The first-order valence-corrected chi connectivity index (χ1v) is 4.30. The second-order valence-electron chi connectivity index (χ2n) is 3.03. The molecule has 1 aromatic carbocycles. The van der Waals surface area contributed by atoms with Gasteiger partial charge in [0, 0.05) is 10.9 Å². The molecule has 2 aromatic rings. The van der Waals surface area contributed by atoms with Crippen molar-refractivity contribution in [1.82, 2.24) is 4.98 Å². The van der Waals surface area contributed by atoms with Crippen LogP contribution in [0.3, 0.4) is 0 Å². The van der Waals surface area contributed by atoms with Crippen LogP contribution in [0.2, 0.25) is 5.02 Å². The molecule has 1 aromatic heterocycles. The quantitative estimate of drug-likeness (QED) is 0.667. The zero-order valence-electron chi connectivity index (χ0n) is 7.12. The van der Waals surface area contributed by atoms with E-state index in [9.17, 15) is 17.6 Å². The molecule has 0 bridgehead atoms. The summed E-state index contributed by atoms with van der Waals surface area (Å²) < 4.78 is 49.7. The minimum absolute atomic E-state index is 0.143. The summed E-state index contributed by atoms with van der Waals surface area (Å²) >= 11 is 5.43. The largest absolute Gasteiger partial charge is 0.431 e. The number of H-pyrrole nitrogens is 1. The van der Waals surface area contributed by atoms with Crippen LogP contribution < -0.4 is 0 Å². The van der Waals surface area contributed by atoms with Crippen LogP contribution in [0.25, 0.3) is 10.9 Å². The van der Waals surface area contributed by atoms with Crippen LogP contribution in [-0.2, 0) is 6.18 Å². The van der Waals surface area contributed by atoms with Crippen molar-refractivity contribution in [1.29, 1.82) is 0 Å². The topological polar surface area (TPSA) is 15.8 Å². The summed E-state index contributed by atoms with van der Waals surface area (Å²) in [6.07, 6.45) is -4.47. The third kappa shape index (κ3) is 1.79. The van der Waals surface area contributed by atoms with Gasteiger partial charge in [-0.15, -0.1) is 0 Å². The molecule has 6 heteroatoms. The van der Waals surface area contributed by atoms with Crippen molar-refractivity contribution in [2.75, 3.05) is 0 Å². The molecule has 0 aliphatic carbocycles. The number of fused-ring (bicyclic) bond motifs is 1. The lowest BCUT2D eigenvalue weighted by molar-refractivity contribution is -0.140. The maximum Gasteiger partial charge on any atom is 0.431 e. The molecule has 0 aliphatic heterocycles. The number of aromatic amines is 1. The average Bonchev–Trinajstić information content (AvgIpc) is 2.47. The highest BCUT2D eigenvalue weighted by molar-refractivity contribution is 6.31. The van der Waals surface area contributed by atoms with E-state index >= 15 is 0 Å². The Morgan fingerprint density at radius 1 is 1.13 bits per heavy atom.